The number of carbonyl (C=O) groups is 6. The van der Waals surface area contributed by atoms with E-state index in [0.29, 0.717) is 19.4 Å². The molecule has 0 spiro atoms. The van der Waals surface area contributed by atoms with Gasteiger partial charge in [0.25, 0.3) is 5.91 Å². The summed E-state index contributed by atoms with van der Waals surface area (Å²) in [5.74, 6) is -3.75. The van der Waals surface area contributed by atoms with E-state index in [4.69, 9.17) is 10.5 Å². The van der Waals surface area contributed by atoms with Crippen molar-refractivity contribution in [1.29, 1.82) is 0 Å². The number of hydrogen-bond donors (Lipinski definition) is 4. The molecule has 0 radical (unpaired) electrons. The van der Waals surface area contributed by atoms with Crippen LogP contribution < -0.4 is 21.7 Å². The Bertz CT molecular complexity index is 1300. The number of hydrogen-bond acceptors (Lipinski definition) is 7. The van der Waals surface area contributed by atoms with Gasteiger partial charge in [-0.3, -0.25) is 19.2 Å². The van der Waals surface area contributed by atoms with Crippen LogP contribution in [0.3, 0.4) is 0 Å². The summed E-state index contributed by atoms with van der Waals surface area (Å²) in [4.78, 5) is 79.3. The number of ether oxygens (including phenoxy) is 1. The Kier molecular flexibility index (Phi) is 9.41. The predicted molar refractivity (Wildman–Crippen MR) is 160 cm³/mol. The molecule has 12 heteroatoms. The highest BCUT2D eigenvalue weighted by Crippen LogP contribution is 2.65. The Hall–Kier alpha value is -3.96. The lowest BCUT2D eigenvalue weighted by Gasteiger charge is -2.38. The monoisotopic (exact) mass is 611 g/mol. The standard InChI is InChI=1S/C32H45N5O7/c1-7-20(29(42)44-16-17-11-9-8-10-12-17)34-30(43)36-25(31(2,3)4)28(41)37-15-19-21(32(19,5)6)23(37)27(40)35-22(18-13-14-18)24(38)26(33)39/h8-12,18-23,25H,7,13-16H2,1-6H3,(H2,33,39)(H,35,40)(H2,34,36,43)/t19-,20-,21-,22?,23-,25+/m0/s1. The Labute approximate surface area is 258 Å². The second kappa shape index (κ2) is 12.6. The number of nitrogens with zero attached hydrogens (tertiary/aromatic N) is 1. The molecule has 1 unspecified atom stereocenters. The van der Waals surface area contributed by atoms with Crippen molar-refractivity contribution in [3.63, 3.8) is 0 Å². The highest BCUT2D eigenvalue weighted by molar-refractivity contribution is 6.38. The summed E-state index contributed by atoms with van der Waals surface area (Å²) < 4.78 is 5.39. The van der Waals surface area contributed by atoms with Crippen molar-refractivity contribution in [1.82, 2.24) is 20.9 Å². The first-order valence-electron chi connectivity index (χ1n) is 15.3. The number of amides is 5. The molecule has 3 fully saturated rings. The number of fused-ring (bicyclic) bond motifs is 1. The smallest absolute Gasteiger partial charge is 0.329 e. The van der Waals surface area contributed by atoms with Gasteiger partial charge in [-0.25, -0.2) is 9.59 Å². The Morgan fingerprint density at radius 1 is 1.02 bits per heavy atom. The van der Waals surface area contributed by atoms with Crippen molar-refractivity contribution >= 4 is 35.5 Å². The van der Waals surface area contributed by atoms with Crippen LogP contribution in [0.25, 0.3) is 0 Å². The highest BCUT2D eigenvalue weighted by atomic mass is 16.5. The van der Waals surface area contributed by atoms with E-state index in [1.807, 2.05) is 44.2 Å². The molecule has 0 aromatic heterocycles. The SMILES string of the molecule is CC[C@H](NC(=O)N[C@H](C(=O)N1C[C@H]2[C@@H]([C@H]1C(=O)NC(C(=O)C(N)=O)C1CC1)C2(C)C)C(C)(C)C)C(=O)OCc1ccccc1. The molecule has 3 aliphatic rings. The lowest BCUT2D eigenvalue weighted by atomic mass is 9.85. The summed E-state index contributed by atoms with van der Waals surface area (Å²) in [6.45, 7) is 11.6. The van der Waals surface area contributed by atoms with Crippen LogP contribution in [0.4, 0.5) is 4.79 Å². The number of carbonyl (C=O) groups excluding carboxylic acids is 6. The lowest BCUT2D eigenvalue weighted by molar-refractivity contribution is -0.147. The number of nitrogens with one attached hydrogen (secondary N) is 3. The third-order valence-electron chi connectivity index (χ3n) is 9.29. The molecule has 5 N–H and O–H groups in total. The zero-order chi connectivity index (χ0) is 32.6. The van der Waals surface area contributed by atoms with Crippen molar-refractivity contribution < 1.29 is 33.5 Å². The minimum Gasteiger partial charge on any atom is -0.459 e. The number of urea groups is 1. The minimum atomic E-state index is -1.11. The van der Waals surface area contributed by atoms with Gasteiger partial charge in [-0.15, -0.1) is 0 Å². The number of benzene rings is 1. The molecule has 1 aromatic rings. The van der Waals surface area contributed by atoms with E-state index in [2.05, 4.69) is 16.0 Å². The van der Waals surface area contributed by atoms with E-state index in [1.54, 1.807) is 27.7 Å². The van der Waals surface area contributed by atoms with Crippen LogP contribution in [0.15, 0.2) is 30.3 Å². The molecule has 1 aliphatic heterocycles. The van der Waals surface area contributed by atoms with Crippen molar-refractivity contribution in [2.45, 2.75) is 91.6 Å². The number of Topliss-reactive ketones (excluding diaryl/α,β-unsaturated/α-hetero) is 1. The molecule has 5 amide bonds. The van der Waals surface area contributed by atoms with Crippen molar-refractivity contribution in [3.05, 3.63) is 35.9 Å². The lowest BCUT2D eigenvalue weighted by Crippen LogP contribution is -2.62. The fourth-order valence-electron chi connectivity index (χ4n) is 6.33. The van der Waals surface area contributed by atoms with Crippen LogP contribution in [0.2, 0.25) is 0 Å². The first-order chi connectivity index (χ1) is 20.6. The summed E-state index contributed by atoms with van der Waals surface area (Å²) in [7, 11) is 0. The van der Waals surface area contributed by atoms with Crippen LogP contribution in [-0.2, 0) is 35.3 Å². The van der Waals surface area contributed by atoms with Gasteiger partial charge in [-0.2, -0.15) is 0 Å². The van der Waals surface area contributed by atoms with Crippen molar-refractivity contribution in [3.8, 4) is 0 Å². The maximum atomic E-state index is 14.1. The number of primary amides is 1. The molecular weight excluding hydrogens is 566 g/mol. The zero-order valence-corrected chi connectivity index (χ0v) is 26.3. The Morgan fingerprint density at radius 2 is 1.66 bits per heavy atom. The molecule has 6 atom stereocenters. The van der Waals surface area contributed by atoms with Gasteiger partial charge >= 0.3 is 12.0 Å². The van der Waals surface area contributed by atoms with Crippen LogP contribution in [0.1, 0.15) is 66.4 Å². The normalized spacial score (nSPS) is 23.8. The average Bonchev–Trinajstić information content (AvgIpc) is 3.84. The second-order valence-electron chi connectivity index (χ2n) is 13.9. The number of nitrogens with two attached hydrogens (primary N) is 1. The van der Waals surface area contributed by atoms with Crippen molar-refractivity contribution in [2.75, 3.05) is 6.54 Å². The molecular formula is C32H45N5O7. The number of likely N-dealkylation sites (tertiary alicyclic amines) is 1. The van der Waals surface area contributed by atoms with E-state index in [9.17, 15) is 28.8 Å². The fourth-order valence-corrected chi connectivity index (χ4v) is 6.33. The first kappa shape index (κ1) is 32.9. The summed E-state index contributed by atoms with van der Waals surface area (Å²) in [5, 5.41) is 8.11. The molecule has 4 rings (SSSR count). The van der Waals surface area contributed by atoms with Gasteiger partial charge in [0.15, 0.2) is 0 Å². The first-order valence-corrected chi connectivity index (χ1v) is 15.3. The number of esters is 1. The summed E-state index contributed by atoms with van der Waals surface area (Å²) >= 11 is 0. The van der Waals surface area contributed by atoms with E-state index < -0.39 is 65.1 Å². The Balaban J connectivity index is 1.46. The van der Waals surface area contributed by atoms with Crippen LogP contribution in [-0.4, -0.2) is 71.1 Å². The van der Waals surface area contributed by atoms with Gasteiger partial charge in [0, 0.05) is 6.54 Å². The molecule has 1 aromatic carbocycles. The quantitative estimate of drug-likeness (QED) is 0.205. The molecule has 44 heavy (non-hydrogen) atoms. The average molecular weight is 612 g/mol. The van der Waals surface area contributed by atoms with Crippen molar-refractivity contribution in [2.24, 2.45) is 34.3 Å². The number of rotatable bonds is 12. The van der Waals surface area contributed by atoms with E-state index in [-0.39, 0.29) is 36.2 Å². The Morgan fingerprint density at radius 3 is 2.20 bits per heavy atom. The summed E-state index contributed by atoms with van der Waals surface area (Å²) in [6, 6.07) is 4.59. The van der Waals surface area contributed by atoms with Gasteiger partial charge in [0.2, 0.25) is 17.6 Å². The maximum absolute atomic E-state index is 14.1. The fraction of sp³-hybridized carbons (Fsp3) is 0.625. The molecule has 240 valence electrons. The predicted octanol–water partition coefficient (Wildman–Crippen LogP) is 1.65. The van der Waals surface area contributed by atoms with E-state index >= 15 is 0 Å². The van der Waals surface area contributed by atoms with Crippen LogP contribution in [0, 0.1) is 28.6 Å². The highest BCUT2D eigenvalue weighted by Gasteiger charge is 2.70. The molecule has 0 bridgehead atoms. The van der Waals surface area contributed by atoms with Crippen LogP contribution in [0.5, 0.6) is 0 Å². The largest absolute Gasteiger partial charge is 0.459 e. The maximum Gasteiger partial charge on any atom is 0.329 e. The minimum absolute atomic E-state index is 0.0618. The van der Waals surface area contributed by atoms with E-state index in [1.165, 1.54) is 4.90 Å². The van der Waals surface area contributed by atoms with Crippen LogP contribution >= 0.6 is 0 Å². The summed E-state index contributed by atoms with van der Waals surface area (Å²) in [6.07, 6.45) is 1.66. The van der Waals surface area contributed by atoms with Gasteiger partial charge in [0.1, 0.15) is 30.8 Å². The van der Waals surface area contributed by atoms with E-state index in [0.717, 1.165) is 5.56 Å². The molecule has 12 nitrogen and oxygen atoms in total. The zero-order valence-electron chi connectivity index (χ0n) is 26.3. The van der Waals surface area contributed by atoms with Gasteiger partial charge < -0.3 is 31.3 Å². The third kappa shape index (κ3) is 7.05. The third-order valence-corrected chi connectivity index (χ3v) is 9.29. The molecule has 1 saturated heterocycles. The van der Waals surface area contributed by atoms with Gasteiger partial charge in [-0.05, 0) is 53.4 Å². The topological polar surface area (TPSA) is 177 Å². The molecule has 2 aliphatic carbocycles. The van der Waals surface area contributed by atoms with Gasteiger partial charge in [-0.1, -0.05) is 71.9 Å². The number of piperidine rings is 1. The second-order valence-corrected chi connectivity index (χ2v) is 13.9. The molecule has 1 heterocycles. The molecule has 2 saturated carbocycles. The summed E-state index contributed by atoms with van der Waals surface area (Å²) in [5.41, 5.74) is 5.10. The number of ketones is 1. The van der Waals surface area contributed by atoms with Gasteiger partial charge in [0.05, 0.1) is 0 Å².